The Morgan fingerprint density at radius 3 is 2.81 bits per heavy atom. The van der Waals surface area contributed by atoms with E-state index in [2.05, 4.69) is 22.5 Å². The van der Waals surface area contributed by atoms with Crippen LogP contribution in [0.5, 0.6) is 0 Å². The van der Waals surface area contributed by atoms with Gasteiger partial charge < -0.3 is 14.7 Å². The summed E-state index contributed by atoms with van der Waals surface area (Å²) in [6.07, 6.45) is 7.32. The molecule has 0 unspecified atom stereocenters. The first-order valence-corrected chi connectivity index (χ1v) is 9.64. The van der Waals surface area contributed by atoms with Gasteiger partial charge in [0, 0.05) is 32.1 Å². The summed E-state index contributed by atoms with van der Waals surface area (Å²) in [5.74, 6) is 0.850. The maximum Gasteiger partial charge on any atom is 0.278 e. The van der Waals surface area contributed by atoms with Crippen molar-refractivity contribution in [2.24, 2.45) is 13.0 Å². The van der Waals surface area contributed by atoms with Crippen LogP contribution in [0.25, 0.3) is 0 Å². The summed E-state index contributed by atoms with van der Waals surface area (Å²) in [5.41, 5.74) is 2.02. The molecule has 1 fully saturated rings. The number of piperidine rings is 1. The summed E-state index contributed by atoms with van der Waals surface area (Å²) in [4.78, 5) is 27.6. The number of fused-ring (bicyclic) bond motifs is 1. The number of amides is 2. The third-order valence-electron chi connectivity index (χ3n) is 5.53. The predicted molar refractivity (Wildman–Crippen MR) is 98.6 cm³/mol. The maximum absolute atomic E-state index is 12.9. The van der Waals surface area contributed by atoms with Gasteiger partial charge in [0.25, 0.3) is 11.8 Å². The largest absolute Gasteiger partial charge is 0.360 e. The van der Waals surface area contributed by atoms with Crippen molar-refractivity contribution in [3.05, 3.63) is 28.9 Å². The summed E-state index contributed by atoms with van der Waals surface area (Å²) >= 11 is 0. The van der Waals surface area contributed by atoms with Crippen LogP contribution in [-0.4, -0.2) is 44.7 Å². The quantitative estimate of drug-likeness (QED) is 0.894. The smallest absolute Gasteiger partial charge is 0.278 e. The van der Waals surface area contributed by atoms with Gasteiger partial charge in [-0.15, -0.1) is 0 Å². The molecule has 1 saturated heterocycles. The molecule has 0 saturated carbocycles. The molecule has 2 aliphatic rings. The van der Waals surface area contributed by atoms with Gasteiger partial charge in [-0.05, 0) is 38.0 Å². The van der Waals surface area contributed by atoms with Gasteiger partial charge >= 0.3 is 0 Å². The number of aryl methyl sites for hydroxylation is 2. The van der Waals surface area contributed by atoms with Gasteiger partial charge in [0.1, 0.15) is 11.5 Å². The Kier molecular flexibility index (Phi) is 4.72. The lowest BCUT2D eigenvalue weighted by atomic mass is 9.88. The fraction of sp³-hybridized carbons (Fsp3) is 0.579. The second-order valence-electron chi connectivity index (χ2n) is 7.62. The normalized spacial score (nSPS) is 19.6. The van der Waals surface area contributed by atoms with Crippen molar-refractivity contribution in [2.45, 2.75) is 45.4 Å². The van der Waals surface area contributed by atoms with Gasteiger partial charge in [-0.25, -0.2) is 0 Å². The van der Waals surface area contributed by atoms with Gasteiger partial charge in [0.15, 0.2) is 5.69 Å². The molecule has 2 aromatic rings. The van der Waals surface area contributed by atoms with E-state index in [1.807, 2.05) is 4.90 Å². The van der Waals surface area contributed by atoms with Gasteiger partial charge in [-0.2, -0.15) is 5.10 Å². The number of nitrogens with zero attached hydrogens (tertiary/aromatic N) is 4. The summed E-state index contributed by atoms with van der Waals surface area (Å²) in [5, 5.41) is 11.0. The molecule has 8 heteroatoms. The molecule has 27 heavy (non-hydrogen) atoms. The summed E-state index contributed by atoms with van der Waals surface area (Å²) < 4.78 is 6.89. The molecule has 144 valence electrons. The highest BCUT2D eigenvalue weighted by atomic mass is 16.5. The monoisotopic (exact) mass is 371 g/mol. The van der Waals surface area contributed by atoms with Crippen molar-refractivity contribution in [3.8, 4) is 0 Å². The molecule has 0 radical (unpaired) electrons. The van der Waals surface area contributed by atoms with Crippen molar-refractivity contribution in [1.29, 1.82) is 0 Å². The standard InChI is InChI=1S/C19H25N5O3/c1-12-6-7-15-13(10-12)16(22-27-15)18(25)21-14-11-20-23(2)17(14)19(26)24-8-4-3-5-9-24/h11-12H,3-10H2,1-2H3,(H,21,25)/t12-/m0/s1. The Bertz CT molecular complexity index is 863. The van der Waals surface area contributed by atoms with Crippen molar-refractivity contribution < 1.29 is 14.1 Å². The molecule has 4 rings (SSSR count). The molecule has 2 amide bonds. The number of hydrogen-bond donors (Lipinski definition) is 1. The van der Waals surface area contributed by atoms with Crippen LogP contribution in [0.3, 0.4) is 0 Å². The highest BCUT2D eigenvalue weighted by molar-refractivity contribution is 6.08. The topological polar surface area (TPSA) is 93.3 Å². The number of likely N-dealkylation sites (tertiary alicyclic amines) is 1. The van der Waals surface area contributed by atoms with Gasteiger partial charge in [0.05, 0.1) is 11.9 Å². The number of hydrogen-bond acceptors (Lipinski definition) is 5. The molecular weight excluding hydrogens is 346 g/mol. The molecule has 3 heterocycles. The van der Waals surface area contributed by atoms with Crippen molar-refractivity contribution in [3.63, 3.8) is 0 Å². The lowest BCUT2D eigenvalue weighted by molar-refractivity contribution is 0.0714. The first-order valence-electron chi connectivity index (χ1n) is 9.64. The van der Waals surface area contributed by atoms with Crippen LogP contribution in [0.2, 0.25) is 0 Å². The van der Waals surface area contributed by atoms with E-state index in [4.69, 9.17) is 4.52 Å². The van der Waals surface area contributed by atoms with E-state index in [0.29, 0.717) is 23.0 Å². The number of rotatable bonds is 3. The fourth-order valence-electron chi connectivity index (χ4n) is 3.97. The SMILES string of the molecule is C[C@H]1CCc2onc(C(=O)Nc3cnn(C)c3C(=O)N3CCCCC3)c2C1. The Morgan fingerprint density at radius 1 is 1.26 bits per heavy atom. The first kappa shape index (κ1) is 17.8. The minimum atomic E-state index is -0.352. The fourth-order valence-corrected chi connectivity index (χ4v) is 3.97. The second-order valence-corrected chi connectivity index (χ2v) is 7.62. The highest BCUT2D eigenvalue weighted by Crippen LogP contribution is 2.28. The maximum atomic E-state index is 12.9. The first-order chi connectivity index (χ1) is 13.0. The molecule has 2 aromatic heterocycles. The second kappa shape index (κ2) is 7.17. The van der Waals surface area contributed by atoms with E-state index in [-0.39, 0.29) is 11.8 Å². The summed E-state index contributed by atoms with van der Waals surface area (Å²) in [6, 6.07) is 0. The molecule has 0 bridgehead atoms. The molecular formula is C19H25N5O3. The third-order valence-corrected chi connectivity index (χ3v) is 5.53. The van der Waals surface area contributed by atoms with Crippen LogP contribution in [0.1, 0.15) is 64.9 Å². The van der Waals surface area contributed by atoms with E-state index in [0.717, 1.165) is 62.9 Å². The molecule has 0 aromatic carbocycles. The lowest BCUT2D eigenvalue weighted by Gasteiger charge is -2.27. The molecule has 0 spiro atoms. The summed E-state index contributed by atoms with van der Waals surface area (Å²) in [6.45, 7) is 3.65. The number of carbonyl (C=O) groups excluding carboxylic acids is 2. The molecule has 1 aliphatic heterocycles. The minimum Gasteiger partial charge on any atom is -0.360 e. The zero-order valence-corrected chi connectivity index (χ0v) is 15.8. The van der Waals surface area contributed by atoms with Crippen molar-refractivity contribution in [1.82, 2.24) is 19.8 Å². The van der Waals surface area contributed by atoms with E-state index < -0.39 is 0 Å². The highest BCUT2D eigenvalue weighted by Gasteiger charge is 2.29. The number of nitrogens with one attached hydrogen (secondary N) is 1. The van der Waals surface area contributed by atoms with Crippen molar-refractivity contribution >= 4 is 17.5 Å². The van der Waals surface area contributed by atoms with Crippen LogP contribution >= 0.6 is 0 Å². The van der Waals surface area contributed by atoms with Crippen LogP contribution in [0.4, 0.5) is 5.69 Å². The van der Waals surface area contributed by atoms with Crippen LogP contribution in [0, 0.1) is 5.92 Å². The van der Waals surface area contributed by atoms with E-state index in [1.165, 1.54) is 10.9 Å². The number of anilines is 1. The van der Waals surface area contributed by atoms with Crippen LogP contribution in [0.15, 0.2) is 10.7 Å². The Labute approximate surface area is 157 Å². The van der Waals surface area contributed by atoms with E-state index in [9.17, 15) is 9.59 Å². The zero-order valence-electron chi connectivity index (χ0n) is 15.8. The average molecular weight is 371 g/mol. The van der Waals surface area contributed by atoms with Crippen LogP contribution < -0.4 is 5.32 Å². The summed E-state index contributed by atoms with van der Waals surface area (Å²) in [7, 11) is 1.71. The average Bonchev–Trinajstić information content (AvgIpc) is 3.25. The molecule has 8 nitrogen and oxygen atoms in total. The van der Waals surface area contributed by atoms with Crippen LogP contribution in [-0.2, 0) is 19.9 Å². The van der Waals surface area contributed by atoms with Crippen molar-refractivity contribution in [2.75, 3.05) is 18.4 Å². The van der Waals surface area contributed by atoms with Gasteiger partial charge in [-0.3, -0.25) is 14.3 Å². The Balaban J connectivity index is 1.56. The molecule has 1 atom stereocenters. The van der Waals surface area contributed by atoms with Gasteiger partial charge in [0.2, 0.25) is 0 Å². The Morgan fingerprint density at radius 2 is 2.04 bits per heavy atom. The molecule has 1 N–H and O–H groups in total. The lowest BCUT2D eigenvalue weighted by Crippen LogP contribution is -2.37. The number of aromatic nitrogens is 3. The zero-order chi connectivity index (χ0) is 19.0. The van der Waals surface area contributed by atoms with E-state index >= 15 is 0 Å². The predicted octanol–water partition coefficient (Wildman–Crippen LogP) is 2.41. The van der Waals surface area contributed by atoms with E-state index in [1.54, 1.807) is 7.05 Å². The van der Waals surface area contributed by atoms with Gasteiger partial charge in [-0.1, -0.05) is 12.1 Å². The number of carbonyl (C=O) groups is 2. The third kappa shape index (κ3) is 3.36. The minimum absolute atomic E-state index is 0.0965. The Hall–Kier alpha value is -2.64. The molecule has 1 aliphatic carbocycles.